The fourth-order valence-electron chi connectivity index (χ4n) is 5.41. The van der Waals surface area contributed by atoms with E-state index in [0.717, 1.165) is 32.2 Å². The first kappa shape index (κ1) is 16.8. The number of nitrogens with zero attached hydrogens (tertiary/aromatic N) is 2. The number of nitrogens with one attached hydrogen (secondary N) is 2. The van der Waals surface area contributed by atoms with Gasteiger partial charge in [0, 0.05) is 30.1 Å². The molecule has 3 aliphatic carbocycles. The second kappa shape index (κ2) is 6.99. The molecule has 3 fully saturated rings. The van der Waals surface area contributed by atoms with E-state index >= 15 is 0 Å². The Hall–Kier alpha value is -1.36. The molecule has 5 nitrogen and oxygen atoms in total. The zero-order valence-corrected chi connectivity index (χ0v) is 15.8. The summed E-state index contributed by atoms with van der Waals surface area (Å²) in [5.74, 6) is 2.13. The van der Waals surface area contributed by atoms with E-state index in [1.807, 2.05) is 0 Å². The van der Waals surface area contributed by atoms with Gasteiger partial charge in [0.15, 0.2) is 0 Å². The zero-order valence-electron chi connectivity index (χ0n) is 15.8. The minimum Gasteiger partial charge on any atom is -0.352 e. The summed E-state index contributed by atoms with van der Waals surface area (Å²) in [5, 5.41) is 3.37. The molecule has 26 heavy (non-hydrogen) atoms. The van der Waals surface area contributed by atoms with Crippen molar-refractivity contribution in [1.29, 1.82) is 0 Å². The molecule has 1 aromatic rings. The SMILES string of the molecule is O=C(NC1CCc2nc(C3CCCCC3)[nH]c2C1)C1CCCN1C1CC1. The van der Waals surface area contributed by atoms with Crippen molar-refractivity contribution in [3.05, 3.63) is 17.2 Å². The summed E-state index contributed by atoms with van der Waals surface area (Å²) in [6, 6.07) is 1.09. The van der Waals surface area contributed by atoms with Crippen molar-refractivity contribution in [3.8, 4) is 0 Å². The lowest BCUT2D eigenvalue weighted by Crippen LogP contribution is -2.49. The molecule has 142 valence electrons. The summed E-state index contributed by atoms with van der Waals surface area (Å²) in [6.07, 6.45) is 14.4. The van der Waals surface area contributed by atoms with Crippen LogP contribution in [0.5, 0.6) is 0 Å². The maximum Gasteiger partial charge on any atom is 0.237 e. The summed E-state index contributed by atoms with van der Waals surface area (Å²) in [7, 11) is 0. The molecule has 0 bridgehead atoms. The highest BCUT2D eigenvalue weighted by molar-refractivity contribution is 5.82. The van der Waals surface area contributed by atoms with E-state index < -0.39 is 0 Å². The summed E-state index contributed by atoms with van der Waals surface area (Å²) in [4.78, 5) is 23.9. The highest BCUT2D eigenvalue weighted by Crippen LogP contribution is 2.34. The maximum atomic E-state index is 12.8. The summed E-state index contributed by atoms with van der Waals surface area (Å²) in [6.45, 7) is 1.11. The van der Waals surface area contributed by atoms with Gasteiger partial charge in [0.2, 0.25) is 5.91 Å². The number of carbonyl (C=O) groups is 1. The highest BCUT2D eigenvalue weighted by atomic mass is 16.2. The van der Waals surface area contributed by atoms with Crippen molar-refractivity contribution in [2.75, 3.05) is 6.54 Å². The van der Waals surface area contributed by atoms with Crippen LogP contribution in [0.1, 0.15) is 87.3 Å². The van der Waals surface area contributed by atoms with Crippen LogP contribution in [0.15, 0.2) is 0 Å². The predicted molar refractivity (Wildman–Crippen MR) is 101 cm³/mol. The number of likely N-dealkylation sites (tertiary alicyclic amines) is 1. The molecule has 2 N–H and O–H groups in total. The molecule has 2 saturated carbocycles. The number of aryl methyl sites for hydroxylation is 1. The van der Waals surface area contributed by atoms with E-state index in [0.29, 0.717) is 12.0 Å². The van der Waals surface area contributed by atoms with Crippen LogP contribution in [-0.4, -0.2) is 45.4 Å². The van der Waals surface area contributed by atoms with E-state index in [1.54, 1.807) is 0 Å². The molecule has 2 heterocycles. The summed E-state index contributed by atoms with van der Waals surface area (Å²) >= 11 is 0. The van der Waals surface area contributed by atoms with Crippen LogP contribution < -0.4 is 5.32 Å². The third-order valence-electron chi connectivity index (χ3n) is 7.01. The number of imidazole rings is 1. The fraction of sp³-hybridized carbons (Fsp3) is 0.810. The van der Waals surface area contributed by atoms with Gasteiger partial charge in [-0.15, -0.1) is 0 Å². The van der Waals surface area contributed by atoms with Gasteiger partial charge in [-0.25, -0.2) is 4.98 Å². The molecule has 1 aliphatic heterocycles. The summed E-state index contributed by atoms with van der Waals surface area (Å²) < 4.78 is 0. The molecule has 5 rings (SSSR count). The highest BCUT2D eigenvalue weighted by Gasteiger charge is 2.40. The van der Waals surface area contributed by atoms with Crippen molar-refractivity contribution in [2.45, 2.75) is 101 Å². The topological polar surface area (TPSA) is 61.0 Å². The number of hydrogen-bond acceptors (Lipinski definition) is 3. The lowest BCUT2D eigenvalue weighted by atomic mass is 9.89. The molecule has 0 aromatic carbocycles. The lowest BCUT2D eigenvalue weighted by Gasteiger charge is -2.28. The molecule has 1 amide bonds. The van der Waals surface area contributed by atoms with Crippen LogP contribution in [0.2, 0.25) is 0 Å². The molecule has 1 saturated heterocycles. The second-order valence-electron chi connectivity index (χ2n) is 8.96. The van der Waals surface area contributed by atoms with Crippen LogP contribution in [0, 0.1) is 0 Å². The van der Waals surface area contributed by atoms with Crippen LogP contribution >= 0.6 is 0 Å². The molecule has 1 aromatic heterocycles. The normalized spacial score (nSPS) is 30.3. The van der Waals surface area contributed by atoms with Crippen molar-refractivity contribution in [3.63, 3.8) is 0 Å². The molecule has 0 radical (unpaired) electrons. The minimum atomic E-state index is 0.128. The summed E-state index contributed by atoms with van der Waals surface area (Å²) in [5.41, 5.74) is 2.55. The Balaban J connectivity index is 1.21. The zero-order chi connectivity index (χ0) is 17.5. The van der Waals surface area contributed by atoms with Gasteiger partial charge in [-0.1, -0.05) is 19.3 Å². The number of aromatic amines is 1. The van der Waals surface area contributed by atoms with Gasteiger partial charge in [0.25, 0.3) is 0 Å². The Morgan fingerprint density at radius 2 is 1.88 bits per heavy atom. The first-order valence-corrected chi connectivity index (χ1v) is 10.9. The first-order valence-electron chi connectivity index (χ1n) is 10.9. The van der Waals surface area contributed by atoms with Crippen LogP contribution in [0.25, 0.3) is 0 Å². The average Bonchev–Trinajstić information content (AvgIpc) is 3.23. The largest absolute Gasteiger partial charge is 0.352 e. The van der Waals surface area contributed by atoms with E-state index in [9.17, 15) is 4.79 Å². The molecule has 2 unspecified atom stereocenters. The van der Waals surface area contributed by atoms with Crippen molar-refractivity contribution < 1.29 is 4.79 Å². The maximum absolute atomic E-state index is 12.8. The van der Waals surface area contributed by atoms with Crippen LogP contribution in [0.4, 0.5) is 0 Å². The number of hydrogen-bond donors (Lipinski definition) is 2. The molecular formula is C21H32N4O. The van der Waals surface area contributed by atoms with Crippen molar-refractivity contribution in [1.82, 2.24) is 20.2 Å². The third-order valence-corrected chi connectivity index (χ3v) is 7.01. The third kappa shape index (κ3) is 3.30. The average molecular weight is 357 g/mol. The number of rotatable bonds is 4. The monoisotopic (exact) mass is 356 g/mol. The van der Waals surface area contributed by atoms with Crippen LogP contribution in [-0.2, 0) is 17.6 Å². The smallest absolute Gasteiger partial charge is 0.237 e. The second-order valence-corrected chi connectivity index (χ2v) is 8.96. The van der Waals surface area contributed by atoms with E-state index in [4.69, 9.17) is 4.98 Å². The van der Waals surface area contributed by atoms with Gasteiger partial charge in [-0.2, -0.15) is 0 Å². The van der Waals surface area contributed by atoms with E-state index in [-0.39, 0.29) is 18.0 Å². The minimum absolute atomic E-state index is 0.128. The predicted octanol–water partition coefficient (Wildman–Crippen LogP) is 3.06. The van der Waals surface area contributed by atoms with Crippen LogP contribution in [0.3, 0.4) is 0 Å². The number of carbonyl (C=O) groups excluding carboxylic acids is 1. The Morgan fingerprint density at radius 1 is 1.04 bits per heavy atom. The molecule has 0 spiro atoms. The molecule has 4 aliphatic rings. The van der Waals surface area contributed by atoms with E-state index in [1.165, 1.54) is 68.6 Å². The molecular weight excluding hydrogens is 324 g/mol. The number of aromatic nitrogens is 2. The quantitative estimate of drug-likeness (QED) is 0.872. The van der Waals surface area contributed by atoms with Gasteiger partial charge in [-0.05, 0) is 57.9 Å². The van der Waals surface area contributed by atoms with Gasteiger partial charge in [-0.3, -0.25) is 9.69 Å². The number of H-pyrrole nitrogens is 1. The number of amides is 1. The van der Waals surface area contributed by atoms with Gasteiger partial charge >= 0.3 is 0 Å². The van der Waals surface area contributed by atoms with Crippen molar-refractivity contribution in [2.24, 2.45) is 0 Å². The Kier molecular flexibility index (Phi) is 4.51. The Morgan fingerprint density at radius 3 is 2.69 bits per heavy atom. The molecule has 5 heteroatoms. The standard InChI is InChI=1S/C21H32N4O/c26-21(19-7-4-12-25(19)16-9-10-16)22-15-8-11-17-18(13-15)24-20(23-17)14-5-2-1-3-6-14/h14-16,19H,1-13H2,(H,22,26)(H,23,24). The number of fused-ring (bicyclic) bond motifs is 1. The van der Waals surface area contributed by atoms with Crippen molar-refractivity contribution >= 4 is 5.91 Å². The van der Waals surface area contributed by atoms with Gasteiger partial charge < -0.3 is 10.3 Å². The first-order chi connectivity index (χ1) is 12.8. The Labute approximate surface area is 156 Å². The Bertz CT molecular complexity index is 659. The van der Waals surface area contributed by atoms with Gasteiger partial charge in [0.05, 0.1) is 11.7 Å². The molecule has 2 atom stereocenters. The lowest BCUT2D eigenvalue weighted by molar-refractivity contribution is -0.126. The van der Waals surface area contributed by atoms with Gasteiger partial charge in [0.1, 0.15) is 5.82 Å². The fourth-order valence-corrected chi connectivity index (χ4v) is 5.41. The van der Waals surface area contributed by atoms with E-state index in [2.05, 4.69) is 15.2 Å².